The van der Waals surface area contributed by atoms with Crippen molar-refractivity contribution in [1.29, 1.82) is 0 Å². The Bertz CT molecular complexity index is 1070. The summed E-state index contributed by atoms with van der Waals surface area (Å²) in [6, 6.07) is 19.5. The first-order valence-corrected chi connectivity index (χ1v) is 7.91. The predicted octanol–water partition coefficient (Wildman–Crippen LogP) is 4.57. The SMILES string of the molecule is CCn1c2ccccc2c2cc(C(=O)O)nc(-c3ccccc3)c21. The molecular weight excluding hydrogens is 300 g/mol. The third-order valence-electron chi connectivity index (χ3n) is 4.33. The van der Waals surface area contributed by atoms with Crippen LogP contribution in [-0.4, -0.2) is 20.6 Å². The minimum atomic E-state index is -1.01. The summed E-state index contributed by atoms with van der Waals surface area (Å²) in [5, 5.41) is 11.5. The number of benzene rings is 2. The molecule has 1 N–H and O–H groups in total. The molecule has 0 aliphatic carbocycles. The maximum absolute atomic E-state index is 11.6. The molecule has 24 heavy (non-hydrogen) atoms. The van der Waals surface area contributed by atoms with E-state index in [1.54, 1.807) is 6.07 Å². The number of hydrogen-bond donors (Lipinski definition) is 1. The van der Waals surface area contributed by atoms with Crippen LogP contribution >= 0.6 is 0 Å². The van der Waals surface area contributed by atoms with Crippen molar-refractivity contribution in [3.8, 4) is 11.3 Å². The molecule has 0 amide bonds. The highest BCUT2D eigenvalue weighted by Crippen LogP contribution is 2.35. The van der Waals surface area contributed by atoms with E-state index in [2.05, 4.69) is 22.5 Å². The quantitative estimate of drug-likeness (QED) is 0.602. The average Bonchev–Trinajstić information content (AvgIpc) is 2.95. The largest absolute Gasteiger partial charge is 0.477 e. The highest BCUT2D eigenvalue weighted by atomic mass is 16.4. The van der Waals surface area contributed by atoms with Gasteiger partial charge in [0.1, 0.15) is 5.69 Å². The minimum absolute atomic E-state index is 0.0698. The zero-order chi connectivity index (χ0) is 16.7. The molecular formula is C20H16N2O2. The Hall–Kier alpha value is -3.14. The number of fused-ring (bicyclic) bond motifs is 3. The summed E-state index contributed by atoms with van der Waals surface area (Å²) in [5.41, 5.74) is 3.78. The lowest BCUT2D eigenvalue weighted by Crippen LogP contribution is -2.03. The number of para-hydroxylation sites is 1. The number of aryl methyl sites for hydroxylation is 1. The molecule has 118 valence electrons. The molecule has 0 aliphatic heterocycles. The second-order valence-corrected chi connectivity index (χ2v) is 5.68. The summed E-state index contributed by atoms with van der Waals surface area (Å²) in [6.45, 7) is 2.88. The Balaban J connectivity index is 2.23. The molecule has 0 radical (unpaired) electrons. The molecule has 0 unspecified atom stereocenters. The van der Waals surface area contributed by atoms with Crippen molar-refractivity contribution >= 4 is 27.8 Å². The number of aromatic nitrogens is 2. The molecule has 2 aromatic heterocycles. The highest BCUT2D eigenvalue weighted by molar-refractivity contribution is 6.13. The number of pyridine rings is 1. The summed E-state index contributed by atoms with van der Waals surface area (Å²) in [5.74, 6) is -1.01. The van der Waals surface area contributed by atoms with E-state index in [4.69, 9.17) is 0 Å². The van der Waals surface area contributed by atoms with E-state index in [0.717, 1.165) is 33.9 Å². The normalized spacial score (nSPS) is 11.2. The van der Waals surface area contributed by atoms with Crippen LogP contribution in [0.25, 0.3) is 33.1 Å². The van der Waals surface area contributed by atoms with Gasteiger partial charge in [0.25, 0.3) is 0 Å². The lowest BCUT2D eigenvalue weighted by molar-refractivity contribution is 0.0691. The number of carbonyl (C=O) groups is 1. The molecule has 2 heterocycles. The molecule has 4 nitrogen and oxygen atoms in total. The van der Waals surface area contributed by atoms with Crippen molar-refractivity contribution < 1.29 is 9.90 Å². The molecule has 0 bridgehead atoms. The molecule has 0 atom stereocenters. The van der Waals surface area contributed by atoms with Crippen LogP contribution in [0.2, 0.25) is 0 Å². The molecule has 4 rings (SSSR count). The molecule has 0 spiro atoms. The van der Waals surface area contributed by atoms with E-state index in [9.17, 15) is 9.90 Å². The van der Waals surface area contributed by atoms with Gasteiger partial charge in [-0.05, 0) is 19.1 Å². The number of carboxylic acid groups (broad SMARTS) is 1. The standard InChI is InChI=1S/C20H16N2O2/c1-2-22-17-11-7-6-10-14(17)15-12-16(20(23)24)21-18(19(15)22)13-8-4-3-5-9-13/h3-12H,2H2,1H3,(H,23,24). The second kappa shape index (κ2) is 5.49. The van der Waals surface area contributed by atoms with E-state index < -0.39 is 5.97 Å². The van der Waals surface area contributed by atoms with Crippen molar-refractivity contribution in [3.05, 3.63) is 66.4 Å². The Kier molecular flexibility index (Phi) is 3.31. The van der Waals surface area contributed by atoms with Crippen LogP contribution in [0.15, 0.2) is 60.7 Å². The van der Waals surface area contributed by atoms with Crippen LogP contribution in [0.3, 0.4) is 0 Å². The van der Waals surface area contributed by atoms with Gasteiger partial charge in [-0.15, -0.1) is 0 Å². The fourth-order valence-corrected chi connectivity index (χ4v) is 3.31. The first-order chi connectivity index (χ1) is 11.7. The van der Waals surface area contributed by atoms with E-state index in [1.165, 1.54) is 0 Å². The van der Waals surface area contributed by atoms with Crippen molar-refractivity contribution in [2.75, 3.05) is 0 Å². The van der Waals surface area contributed by atoms with Crippen LogP contribution in [0.1, 0.15) is 17.4 Å². The van der Waals surface area contributed by atoms with Crippen LogP contribution in [0.4, 0.5) is 0 Å². The monoisotopic (exact) mass is 316 g/mol. The molecule has 0 aliphatic rings. The first kappa shape index (κ1) is 14.5. The Morgan fingerprint density at radius 1 is 1.04 bits per heavy atom. The fraction of sp³-hybridized carbons (Fsp3) is 0.100. The van der Waals surface area contributed by atoms with Gasteiger partial charge in [0.15, 0.2) is 0 Å². The topological polar surface area (TPSA) is 55.1 Å². The van der Waals surface area contributed by atoms with Gasteiger partial charge in [-0.25, -0.2) is 9.78 Å². The van der Waals surface area contributed by atoms with Crippen molar-refractivity contribution in [2.24, 2.45) is 0 Å². The molecule has 0 saturated carbocycles. The minimum Gasteiger partial charge on any atom is -0.477 e. The average molecular weight is 316 g/mol. The number of rotatable bonds is 3. The van der Waals surface area contributed by atoms with Crippen LogP contribution in [0, 0.1) is 0 Å². The van der Waals surface area contributed by atoms with Gasteiger partial charge < -0.3 is 9.67 Å². The third kappa shape index (κ3) is 2.07. The lowest BCUT2D eigenvalue weighted by atomic mass is 10.1. The zero-order valence-corrected chi connectivity index (χ0v) is 13.2. The van der Waals surface area contributed by atoms with E-state index in [-0.39, 0.29) is 5.69 Å². The van der Waals surface area contributed by atoms with E-state index in [0.29, 0.717) is 5.69 Å². The molecule has 0 saturated heterocycles. The number of carboxylic acids is 1. The molecule has 0 fully saturated rings. The predicted molar refractivity (Wildman–Crippen MR) is 95.3 cm³/mol. The van der Waals surface area contributed by atoms with Gasteiger partial charge in [0.05, 0.1) is 11.2 Å². The van der Waals surface area contributed by atoms with Gasteiger partial charge in [-0.2, -0.15) is 0 Å². The van der Waals surface area contributed by atoms with Gasteiger partial charge in [-0.1, -0.05) is 48.5 Å². The smallest absolute Gasteiger partial charge is 0.354 e. The summed E-state index contributed by atoms with van der Waals surface area (Å²) in [7, 11) is 0. The lowest BCUT2D eigenvalue weighted by Gasteiger charge is -2.09. The van der Waals surface area contributed by atoms with Crippen LogP contribution in [-0.2, 0) is 6.54 Å². The summed E-state index contributed by atoms with van der Waals surface area (Å²) >= 11 is 0. The second-order valence-electron chi connectivity index (χ2n) is 5.68. The third-order valence-corrected chi connectivity index (χ3v) is 4.33. The Morgan fingerprint density at radius 3 is 2.46 bits per heavy atom. The van der Waals surface area contributed by atoms with Crippen LogP contribution in [0.5, 0.6) is 0 Å². The number of hydrogen-bond acceptors (Lipinski definition) is 2. The number of nitrogens with zero attached hydrogens (tertiary/aromatic N) is 2. The maximum Gasteiger partial charge on any atom is 0.354 e. The van der Waals surface area contributed by atoms with Crippen molar-refractivity contribution in [2.45, 2.75) is 13.5 Å². The van der Waals surface area contributed by atoms with Crippen molar-refractivity contribution in [1.82, 2.24) is 9.55 Å². The fourth-order valence-electron chi connectivity index (χ4n) is 3.31. The van der Waals surface area contributed by atoms with Crippen LogP contribution < -0.4 is 0 Å². The summed E-state index contributed by atoms with van der Waals surface area (Å²) < 4.78 is 2.20. The van der Waals surface area contributed by atoms with Gasteiger partial charge >= 0.3 is 5.97 Å². The molecule has 4 aromatic rings. The summed E-state index contributed by atoms with van der Waals surface area (Å²) in [4.78, 5) is 16.0. The van der Waals surface area contributed by atoms with Gasteiger partial charge in [0, 0.05) is 28.4 Å². The Labute approximate surface area is 139 Å². The molecule has 4 heteroatoms. The first-order valence-electron chi connectivity index (χ1n) is 7.91. The van der Waals surface area contributed by atoms with E-state index >= 15 is 0 Å². The summed E-state index contributed by atoms with van der Waals surface area (Å²) in [6.07, 6.45) is 0. The van der Waals surface area contributed by atoms with Crippen molar-refractivity contribution in [3.63, 3.8) is 0 Å². The highest BCUT2D eigenvalue weighted by Gasteiger charge is 2.18. The molecule has 2 aromatic carbocycles. The van der Waals surface area contributed by atoms with Gasteiger partial charge in [-0.3, -0.25) is 0 Å². The Morgan fingerprint density at radius 2 is 1.75 bits per heavy atom. The maximum atomic E-state index is 11.6. The van der Waals surface area contributed by atoms with E-state index in [1.807, 2.05) is 48.5 Å². The number of aromatic carboxylic acids is 1. The van der Waals surface area contributed by atoms with Gasteiger partial charge in [0.2, 0.25) is 0 Å². The zero-order valence-electron chi connectivity index (χ0n) is 13.2.